The summed E-state index contributed by atoms with van der Waals surface area (Å²) in [6, 6.07) is 44.1. The van der Waals surface area contributed by atoms with Gasteiger partial charge in [-0.3, -0.25) is 19.9 Å². The summed E-state index contributed by atoms with van der Waals surface area (Å²) >= 11 is 0. The van der Waals surface area contributed by atoms with Crippen LogP contribution >= 0.6 is 0 Å². The minimum Gasteiger partial charge on any atom is -0.487 e. The molecule has 13 rings (SSSR count). The number of rotatable bonds is 16. The average Bonchev–Trinajstić information content (AvgIpc) is 4.29. The smallest absolute Gasteiger partial charge is 0.164 e. The Kier molecular flexibility index (Phi) is 13.2. The van der Waals surface area contributed by atoms with Crippen LogP contribution in [0.4, 0.5) is 0 Å². The average molecular weight is 1060 g/mol. The number of hydrogen-bond acceptors (Lipinski definition) is 18. The van der Waals surface area contributed by atoms with Crippen LogP contribution in [-0.4, -0.2) is 80.2 Å². The van der Waals surface area contributed by atoms with E-state index in [4.69, 9.17) is 48.9 Å². The lowest BCUT2D eigenvalue weighted by atomic mass is 10.1. The van der Waals surface area contributed by atoms with Crippen molar-refractivity contribution < 1.29 is 39.4 Å². The van der Waals surface area contributed by atoms with Gasteiger partial charge in [0.15, 0.2) is 23.3 Å². The second kappa shape index (κ2) is 21.4. The summed E-state index contributed by atoms with van der Waals surface area (Å²) in [5.74, 6) is 3.52. The molecule has 2 aliphatic rings. The van der Waals surface area contributed by atoms with E-state index < -0.39 is 0 Å². The molecule has 8 bridgehead atoms. The number of pyridine rings is 4. The molecule has 0 atom stereocenters. The number of aromatic nitrogens is 12. The number of aliphatic hydroxyl groups excluding tert-OH is 4. The molecule has 4 aromatic carbocycles. The highest BCUT2D eigenvalue weighted by molar-refractivity contribution is 6.07. The molecule has 20 nitrogen and oxygen atoms in total. The molecule has 9 heterocycles. The maximum atomic E-state index is 9.73. The van der Waals surface area contributed by atoms with Crippen LogP contribution in [0.3, 0.4) is 0 Å². The van der Waals surface area contributed by atoms with Gasteiger partial charge in [0.2, 0.25) is 0 Å². The number of aliphatic hydroxyl groups is 4. The van der Waals surface area contributed by atoms with Crippen molar-refractivity contribution in [2.75, 3.05) is 0 Å². The third kappa shape index (κ3) is 10.0. The molecule has 0 aliphatic carbocycles. The normalized spacial score (nSPS) is 11.7. The number of nitrogens with zero attached hydrogens (tertiary/aromatic N) is 10. The number of benzene rings is 4. The van der Waals surface area contributed by atoms with Crippen molar-refractivity contribution in [1.29, 1.82) is 0 Å². The third-order valence-electron chi connectivity index (χ3n) is 13.4. The van der Waals surface area contributed by atoms with E-state index in [1.165, 1.54) is 0 Å². The maximum Gasteiger partial charge on any atom is 0.164 e. The van der Waals surface area contributed by atoms with Crippen molar-refractivity contribution in [3.05, 3.63) is 191 Å². The minimum atomic E-state index is -0.194. The zero-order valence-corrected chi connectivity index (χ0v) is 42.4. The van der Waals surface area contributed by atoms with Gasteiger partial charge in [-0.05, 0) is 121 Å². The summed E-state index contributed by atoms with van der Waals surface area (Å²) < 4.78 is 25.2. The van der Waals surface area contributed by atoms with E-state index >= 15 is 0 Å². The molecule has 7 aromatic heterocycles. The predicted octanol–water partition coefficient (Wildman–Crippen LogP) is 8.73. The van der Waals surface area contributed by atoms with Crippen LogP contribution in [0.5, 0.6) is 23.0 Å². The first-order valence-electron chi connectivity index (χ1n) is 25.5. The zero-order valence-electron chi connectivity index (χ0n) is 42.4. The van der Waals surface area contributed by atoms with E-state index in [0.717, 1.165) is 0 Å². The first kappa shape index (κ1) is 49.5. The Hall–Kier alpha value is -10.1. The SMILES string of the molecule is OCc1cccc(COc2ccc3c(c2)-c2nc-3nc3[nH]c(nc4nc(nc5[nH]c(n2)c2ccc(OCc6cccc(CO)n6)cc52)-c2ccc(OCc5cccc(CO)n5)cc2-4)c2ccc(OCc4cccc(CO)n4)cc32)n1. The second-order valence-electron chi connectivity index (χ2n) is 18.7. The minimum absolute atomic E-state index is 0.141. The molecule has 20 heteroatoms. The molecule has 0 amide bonds. The van der Waals surface area contributed by atoms with Gasteiger partial charge in [0.05, 0.1) is 72.0 Å². The van der Waals surface area contributed by atoms with E-state index in [1.54, 1.807) is 24.3 Å². The highest BCUT2D eigenvalue weighted by Crippen LogP contribution is 2.40. The van der Waals surface area contributed by atoms with Crippen LogP contribution in [0, 0.1) is 0 Å². The van der Waals surface area contributed by atoms with Crippen LogP contribution in [0.1, 0.15) is 45.6 Å². The van der Waals surface area contributed by atoms with Crippen LogP contribution < -0.4 is 18.9 Å². The molecule has 11 aromatic rings. The first-order valence-corrected chi connectivity index (χ1v) is 25.5. The second-order valence-corrected chi connectivity index (χ2v) is 18.7. The Bertz CT molecular complexity index is 4100. The number of nitrogens with one attached hydrogen (secondary N) is 2. The Morgan fingerprint density at radius 1 is 0.275 bits per heavy atom. The van der Waals surface area contributed by atoms with Crippen molar-refractivity contribution in [2.24, 2.45) is 0 Å². The summed E-state index contributed by atoms with van der Waals surface area (Å²) in [7, 11) is 0. The van der Waals surface area contributed by atoms with Gasteiger partial charge in [0.25, 0.3) is 0 Å². The van der Waals surface area contributed by atoms with Crippen LogP contribution in [0.15, 0.2) is 146 Å². The summed E-state index contributed by atoms with van der Waals surface area (Å²) in [5, 5.41) is 41.7. The molecular weight excluding hydrogens is 1020 g/mol. The van der Waals surface area contributed by atoms with E-state index in [2.05, 4.69) is 29.9 Å². The summed E-state index contributed by atoms with van der Waals surface area (Å²) in [4.78, 5) is 56.2. The van der Waals surface area contributed by atoms with Crippen molar-refractivity contribution in [1.82, 2.24) is 59.8 Å². The Labute approximate surface area is 454 Å². The van der Waals surface area contributed by atoms with Gasteiger partial charge in [-0.1, -0.05) is 24.3 Å². The zero-order chi connectivity index (χ0) is 54.1. The van der Waals surface area contributed by atoms with Crippen LogP contribution in [-0.2, 0) is 52.9 Å². The highest BCUT2D eigenvalue weighted by atomic mass is 16.5. The lowest BCUT2D eigenvalue weighted by Gasteiger charge is -2.08. The fraction of sp³-hybridized carbons (Fsp3) is 0.133. The molecule has 0 unspecified atom stereocenters. The van der Waals surface area contributed by atoms with Gasteiger partial charge in [0.1, 0.15) is 72.0 Å². The van der Waals surface area contributed by atoms with E-state index in [-0.39, 0.29) is 52.9 Å². The number of aromatic amines is 2. The Balaban J connectivity index is 1.00. The van der Waals surface area contributed by atoms with E-state index in [1.807, 2.05) is 121 Å². The fourth-order valence-corrected chi connectivity index (χ4v) is 9.49. The summed E-state index contributed by atoms with van der Waals surface area (Å²) in [6.07, 6.45) is 0. The monoisotopic (exact) mass is 1060 g/mol. The van der Waals surface area contributed by atoms with E-state index in [9.17, 15) is 20.4 Å². The van der Waals surface area contributed by atoms with Crippen molar-refractivity contribution in [3.8, 4) is 68.5 Å². The summed E-state index contributed by atoms with van der Waals surface area (Å²) in [5.41, 5.74) is 9.12. The largest absolute Gasteiger partial charge is 0.487 e. The van der Waals surface area contributed by atoms with Crippen molar-refractivity contribution in [2.45, 2.75) is 52.9 Å². The lowest BCUT2D eigenvalue weighted by molar-refractivity contribution is 0.272. The lowest BCUT2D eigenvalue weighted by Crippen LogP contribution is -2.00. The van der Waals surface area contributed by atoms with Gasteiger partial charge in [-0.2, -0.15) is 0 Å². The molecule has 394 valence electrons. The molecule has 0 spiro atoms. The van der Waals surface area contributed by atoms with Crippen LogP contribution in [0.25, 0.3) is 89.7 Å². The van der Waals surface area contributed by atoms with Gasteiger partial charge < -0.3 is 49.3 Å². The molecule has 2 aliphatic heterocycles. The fourth-order valence-electron chi connectivity index (χ4n) is 9.49. The van der Waals surface area contributed by atoms with Crippen molar-refractivity contribution >= 4 is 44.1 Å². The number of ether oxygens (including phenoxy) is 4. The van der Waals surface area contributed by atoms with Crippen LogP contribution in [0.2, 0.25) is 0 Å². The van der Waals surface area contributed by atoms with Gasteiger partial charge >= 0.3 is 0 Å². The maximum absolute atomic E-state index is 9.73. The standard InChI is InChI=1S/C60H46N12O8/c73-25-33-5-1-9-37(61-33)29-77-41-13-17-45-49(21-41)57-65-53(45)70-58-51-23-43(79-31-39-11-3-7-35(27-75)63-39)15-19-47(51)55(67-58)72-60-52-24-44(80-32-40-12-4-8-36(28-76)64-40)16-20-48(52)56(68-60)71-59-50-22-42(14-18-46(50)54(66-59)69-57)78-30-38-10-2-6-34(26-74)62-38/h1-24,73-76H,25-32H2,(H2,65,66,67,68,69,70,71,72). The van der Waals surface area contributed by atoms with Crippen molar-refractivity contribution in [3.63, 3.8) is 0 Å². The molecular formula is C60H46N12O8. The predicted molar refractivity (Wildman–Crippen MR) is 294 cm³/mol. The first-order chi connectivity index (χ1) is 39.3. The van der Waals surface area contributed by atoms with Gasteiger partial charge in [0, 0.05) is 43.8 Å². The Morgan fingerprint density at radius 3 is 0.900 bits per heavy atom. The molecule has 0 saturated heterocycles. The molecule has 80 heavy (non-hydrogen) atoms. The Morgan fingerprint density at radius 2 is 0.562 bits per heavy atom. The topological polar surface area (TPSA) is 278 Å². The number of H-pyrrole nitrogens is 2. The number of fused-ring (bicyclic) bond motifs is 20. The molecule has 0 saturated carbocycles. The molecule has 6 N–H and O–H groups in total. The van der Waals surface area contributed by atoms with E-state index in [0.29, 0.717) is 158 Å². The third-order valence-corrected chi connectivity index (χ3v) is 13.4. The quantitative estimate of drug-likeness (QED) is 0.0527. The summed E-state index contributed by atoms with van der Waals surface area (Å²) in [6.45, 7) is -0.204. The highest BCUT2D eigenvalue weighted by Gasteiger charge is 2.24. The molecule has 0 radical (unpaired) electrons. The molecule has 0 fully saturated rings. The number of hydrogen-bond donors (Lipinski definition) is 6. The van der Waals surface area contributed by atoms with Gasteiger partial charge in [-0.25, -0.2) is 29.9 Å². The van der Waals surface area contributed by atoms with Gasteiger partial charge in [-0.15, -0.1) is 0 Å².